The Bertz CT molecular complexity index is 511. The predicted octanol–water partition coefficient (Wildman–Crippen LogP) is 4.00. The quantitative estimate of drug-likeness (QED) is 0.676. The molecule has 1 heterocycles. The van der Waals surface area contributed by atoms with Crippen molar-refractivity contribution in [2.24, 2.45) is 0 Å². The molecule has 0 bridgehead atoms. The lowest BCUT2D eigenvalue weighted by Crippen LogP contribution is -2.55. The molecule has 19 heavy (non-hydrogen) atoms. The van der Waals surface area contributed by atoms with Crippen LogP contribution in [0.4, 0.5) is 5.69 Å². The fraction of sp³-hybridized carbons (Fsp3) is 0.462. The van der Waals surface area contributed by atoms with E-state index in [2.05, 4.69) is 0 Å². The molecule has 1 amide bonds. The number of anilines is 1. The molecule has 1 aliphatic heterocycles. The second kappa shape index (κ2) is 4.81. The molecular formula is C13H14Cl3NO2. The summed E-state index contributed by atoms with van der Waals surface area (Å²) in [4.78, 5) is 13.3. The summed E-state index contributed by atoms with van der Waals surface area (Å²) in [7, 11) is 0. The van der Waals surface area contributed by atoms with E-state index in [-0.39, 0.29) is 5.91 Å². The topological polar surface area (TPSA) is 29.5 Å². The highest BCUT2D eigenvalue weighted by Crippen LogP contribution is 2.46. The lowest BCUT2D eigenvalue weighted by molar-refractivity contribution is -0.126. The van der Waals surface area contributed by atoms with E-state index in [9.17, 15) is 4.79 Å². The molecule has 1 aromatic carbocycles. The number of fused-ring (bicyclic) bond motifs is 1. The highest BCUT2D eigenvalue weighted by Gasteiger charge is 2.48. The van der Waals surface area contributed by atoms with E-state index in [0.29, 0.717) is 5.69 Å². The van der Waals surface area contributed by atoms with Gasteiger partial charge in [0.05, 0.1) is 11.3 Å². The number of benzene rings is 1. The van der Waals surface area contributed by atoms with Crippen molar-refractivity contribution in [2.45, 2.75) is 36.4 Å². The van der Waals surface area contributed by atoms with Crippen molar-refractivity contribution < 1.29 is 9.53 Å². The van der Waals surface area contributed by atoms with Gasteiger partial charge in [-0.05, 0) is 19.9 Å². The molecule has 6 heteroatoms. The fourth-order valence-electron chi connectivity index (χ4n) is 2.26. The van der Waals surface area contributed by atoms with Crippen molar-refractivity contribution in [3.8, 4) is 0 Å². The van der Waals surface area contributed by atoms with Crippen LogP contribution in [0.1, 0.15) is 26.3 Å². The number of nitrogens with zero attached hydrogens (tertiary/aromatic N) is 1. The van der Waals surface area contributed by atoms with Crippen LogP contribution in [0, 0.1) is 0 Å². The summed E-state index contributed by atoms with van der Waals surface area (Å²) in [5.74, 6) is -0.237. The number of halogens is 3. The van der Waals surface area contributed by atoms with Gasteiger partial charge in [0.2, 0.25) is 9.70 Å². The Balaban J connectivity index is 2.62. The minimum atomic E-state index is -1.73. The molecule has 0 radical (unpaired) electrons. The van der Waals surface area contributed by atoms with E-state index < -0.39 is 15.6 Å². The summed E-state index contributed by atoms with van der Waals surface area (Å²) < 4.78 is 4.12. The largest absolute Gasteiger partial charge is 0.343 e. The molecule has 1 aliphatic rings. The van der Waals surface area contributed by atoms with E-state index in [1.54, 1.807) is 0 Å². The Morgan fingerprint density at radius 1 is 1.32 bits per heavy atom. The molecular weight excluding hydrogens is 309 g/mol. The van der Waals surface area contributed by atoms with Crippen LogP contribution in [-0.2, 0) is 15.1 Å². The average Bonchev–Trinajstić information content (AvgIpc) is 2.26. The lowest BCUT2D eigenvalue weighted by Gasteiger charge is -2.46. The van der Waals surface area contributed by atoms with Crippen LogP contribution >= 0.6 is 34.8 Å². The van der Waals surface area contributed by atoms with Crippen molar-refractivity contribution in [1.82, 2.24) is 0 Å². The maximum atomic E-state index is 11.9. The zero-order valence-electron chi connectivity index (χ0n) is 10.8. The second-order valence-electron chi connectivity index (χ2n) is 4.93. The first-order chi connectivity index (χ1) is 8.64. The van der Waals surface area contributed by atoms with E-state index in [1.165, 1.54) is 11.8 Å². The molecule has 0 aromatic heterocycles. The van der Waals surface area contributed by atoms with Crippen molar-refractivity contribution in [2.75, 3.05) is 4.90 Å². The molecule has 1 aromatic rings. The minimum Gasteiger partial charge on any atom is -0.343 e. The predicted molar refractivity (Wildman–Crippen MR) is 77.8 cm³/mol. The molecule has 104 valence electrons. The summed E-state index contributed by atoms with van der Waals surface area (Å²) in [5, 5.41) is 0. The third-order valence-corrected chi connectivity index (χ3v) is 3.63. The number of carbonyl (C=O) groups excluding carboxylic acids is 1. The smallest absolute Gasteiger partial charge is 0.235 e. The fourth-order valence-corrected chi connectivity index (χ4v) is 2.69. The number of hydrogen-bond donors (Lipinski definition) is 0. The Hall–Kier alpha value is -0.480. The van der Waals surface area contributed by atoms with Crippen molar-refractivity contribution in [3.63, 3.8) is 0 Å². The number of hydrogen-bond acceptors (Lipinski definition) is 2. The van der Waals surface area contributed by atoms with Gasteiger partial charge >= 0.3 is 0 Å². The average molecular weight is 323 g/mol. The van der Waals surface area contributed by atoms with Crippen LogP contribution in [0.25, 0.3) is 0 Å². The van der Waals surface area contributed by atoms with Gasteiger partial charge in [-0.25, -0.2) is 0 Å². The standard InChI is InChI=1S/C13H14Cl3NO2/c1-8(18)17-10-7-5-4-6-9(10)12(2,3)19-11(17)13(14,15)16/h4-7,11H,1-3H3/t11-/m0/s1. The van der Waals surface area contributed by atoms with Gasteiger partial charge in [0.15, 0.2) is 6.23 Å². The van der Waals surface area contributed by atoms with Crippen molar-refractivity contribution in [1.29, 1.82) is 0 Å². The lowest BCUT2D eigenvalue weighted by atomic mass is 9.93. The number of para-hydroxylation sites is 1. The van der Waals surface area contributed by atoms with Gasteiger partial charge in [0.25, 0.3) is 0 Å². The number of carbonyl (C=O) groups is 1. The molecule has 0 N–H and O–H groups in total. The van der Waals surface area contributed by atoms with E-state index in [4.69, 9.17) is 39.5 Å². The number of rotatable bonds is 0. The van der Waals surface area contributed by atoms with Crippen molar-refractivity contribution in [3.05, 3.63) is 29.8 Å². The third kappa shape index (κ3) is 2.70. The molecule has 0 aliphatic carbocycles. The van der Waals surface area contributed by atoms with Crippen LogP contribution in [-0.4, -0.2) is 15.9 Å². The number of alkyl halides is 3. The zero-order valence-corrected chi connectivity index (χ0v) is 13.1. The Morgan fingerprint density at radius 3 is 2.42 bits per heavy atom. The summed E-state index contributed by atoms with van der Waals surface area (Å²) in [6.45, 7) is 5.18. The molecule has 0 saturated carbocycles. The monoisotopic (exact) mass is 321 g/mol. The number of ether oxygens (including phenoxy) is 1. The molecule has 2 rings (SSSR count). The van der Waals surface area contributed by atoms with Crippen LogP contribution in [0.5, 0.6) is 0 Å². The zero-order chi connectivity index (χ0) is 14.4. The highest BCUT2D eigenvalue weighted by molar-refractivity contribution is 6.68. The van der Waals surface area contributed by atoms with Crippen LogP contribution in [0.3, 0.4) is 0 Å². The van der Waals surface area contributed by atoms with E-state index >= 15 is 0 Å². The Kier molecular flexibility index (Phi) is 3.78. The van der Waals surface area contributed by atoms with Gasteiger partial charge in [-0.3, -0.25) is 9.69 Å². The van der Waals surface area contributed by atoms with Gasteiger partial charge < -0.3 is 4.74 Å². The van der Waals surface area contributed by atoms with Crippen LogP contribution < -0.4 is 4.90 Å². The van der Waals surface area contributed by atoms with Gasteiger partial charge in [-0.1, -0.05) is 53.0 Å². The first-order valence-corrected chi connectivity index (χ1v) is 6.92. The summed E-state index contributed by atoms with van der Waals surface area (Å²) >= 11 is 17.9. The Morgan fingerprint density at radius 2 is 1.89 bits per heavy atom. The molecule has 0 unspecified atom stereocenters. The summed E-state index contributed by atoms with van der Waals surface area (Å²) in [6, 6.07) is 7.45. The summed E-state index contributed by atoms with van der Waals surface area (Å²) in [6.07, 6.45) is -0.958. The first-order valence-electron chi connectivity index (χ1n) is 5.78. The second-order valence-corrected chi connectivity index (χ2v) is 7.30. The van der Waals surface area contributed by atoms with E-state index in [0.717, 1.165) is 5.56 Å². The summed E-state index contributed by atoms with van der Waals surface area (Å²) in [5.41, 5.74) is 0.954. The third-order valence-electron chi connectivity index (χ3n) is 3.07. The molecule has 0 fully saturated rings. The van der Waals surface area contributed by atoms with Gasteiger partial charge in [-0.2, -0.15) is 0 Å². The van der Waals surface area contributed by atoms with Crippen LogP contribution in [0.15, 0.2) is 24.3 Å². The minimum absolute atomic E-state index is 0.237. The van der Waals surface area contributed by atoms with Gasteiger partial charge in [0, 0.05) is 12.5 Å². The molecule has 1 atom stereocenters. The van der Waals surface area contributed by atoms with Crippen LogP contribution in [0.2, 0.25) is 0 Å². The molecule has 0 spiro atoms. The van der Waals surface area contributed by atoms with Crippen molar-refractivity contribution >= 4 is 46.4 Å². The van der Waals surface area contributed by atoms with Gasteiger partial charge in [-0.15, -0.1) is 0 Å². The SMILES string of the molecule is CC(=O)N1c2ccccc2C(C)(C)O[C@H]1C(Cl)(Cl)Cl. The first kappa shape index (κ1) is 14.9. The maximum Gasteiger partial charge on any atom is 0.235 e. The normalized spacial score (nSPS) is 22.0. The van der Waals surface area contributed by atoms with E-state index in [1.807, 2.05) is 38.1 Å². The molecule has 0 saturated heterocycles. The maximum absolute atomic E-state index is 11.9. The highest BCUT2D eigenvalue weighted by atomic mass is 35.6. The molecule has 3 nitrogen and oxygen atoms in total. The Labute approximate surface area is 127 Å². The van der Waals surface area contributed by atoms with Gasteiger partial charge in [0.1, 0.15) is 0 Å². The number of amides is 1.